The van der Waals surface area contributed by atoms with Gasteiger partial charge in [0.25, 0.3) is 0 Å². The van der Waals surface area contributed by atoms with E-state index in [2.05, 4.69) is 32.9 Å². The summed E-state index contributed by atoms with van der Waals surface area (Å²) in [6.07, 6.45) is 1.76. The Labute approximate surface area is 135 Å². The Hall–Kier alpha value is -1.53. The molecule has 0 fully saturated rings. The van der Waals surface area contributed by atoms with Crippen molar-refractivity contribution in [1.29, 1.82) is 0 Å². The van der Waals surface area contributed by atoms with E-state index >= 15 is 0 Å². The van der Waals surface area contributed by atoms with Crippen LogP contribution in [0.4, 0.5) is 17.1 Å². The Morgan fingerprint density at radius 2 is 1.90 bits per heavy atom. The number of halogens is 2. The molecule has 0 aliphatic carbocycles. The van der Waals surface area contributed by atoms with Gasteiger partial charge >= 0.3 is 0 Å². The lowest BCUT2D eigenvalue weighted by atomic mass is 10.2. The van der Waals surface area contributed by atoms with Gasteiger partial charge in [0.05, 0.1) is 21.9 Å². The number of nitrogens with two attached hydrogens (primary N) is 1. The molecule has 3 N–H and O–H groups in total. The Balaban J connectivity index is 2.09. The molecule has 0 spiro atoms. The predicted octanol–water partition coefficient (Wildman–Crippen LogP) is 4.82. The van der Waals surface area contributed by atoms with E-state index in [0.717, 1.165) is 31.5 Å². The van der Waals surface area contributed by atoms with E-state index in [1.165, 1.54) is 0 Å². The first-order chi connectivity index (χ1) is 9.65. The van der Waals surface area contributed by atoms with Crippen molar-refractivity contribution in [2.24, 2.45) is 0 Å². The molecule has 3 rings (SSSR count). The lowest BCUT2D eigenvalue weighted by Crippen LogP contribution is -1.96. The largest absolute Gasteiger partial charge is 0.399 e. The Bertz CT molecular complexity index is 789. The van der Waals surface area contributed by atoms with Gasteiger partial charge in [-0.1, -0.05) is 11.6 Å². The van der Waals surface area contributed by atoms with Gasteiger partial charge in [0.1, 0.15) is 0 Å². The number of pyridine rings is 1. The molecule has 0 saturated heterocycles. The molecule has 0 aliphatic rings. The van der Waals surface area contributed by atoms with Crippen molar-refractivity contribution in [3.63, 3.8) is 0 Å². The first-order valence-corrected chi connectivity index (χ1v) is 7.46. The van der Waals surface area contributed by atoms with Crippen LogP contribution in [0.25, 0.3) is 10.9 Å². The van der Waals surface area contributed by atoms with Crippen molar-refractivity contribution in [2.45, 2.75) is 0 Å². The number of hydrogen-bond acceptors (Lipinski definition) is 3. The third-order valence-corrected chi connectivity index (χ3v) is 4.20. The number of fused-ring (bicyclic) bond motifs is 1. The molecule has 0 amide bonds. The number of nitrogens with one attached hydrogen (secondary N) is 1. The summed E-state index contributed by atoms with van der Waals surface area (Å²) < 4.78 is 1.06. The van der Waals surface area contributed by atoms with Gasteiger partial charge in [0, 0.05) is 20.8 Å². The molecule has 0 bridgehead atoms. The maximum atomic E-state index is 6.20. The zero-order chi connectivity index (χ0) is 14.1. The monoisotopic (exact) mass is 395 g/mol. The van der Waals surface area contributed by atoms with E-state index in [9.17, 15) is 0 Å². The van der Waals surface area contributed by atoms with Crippen LogP contribution in [0.1, 0.15) is 0 Å². The summed E-state index contributed by atoms with van der Waals surface area (Å²) in [5.41, 5.74) is 9.29. The highest BCUT2D eigenvalue weighted by Gasteiger charge is 2.07. The quantitative estimate of drug-likeness (QED) is 0.483. The molecule has 20 heavy (non-hydrogen) atoms. The van der Waals surface area contributed by atoms with Crippen molar-refractivity contribution < 1.29 is 0 Å². The third-order valence-electron chi connectivity index (χ3n) is 2.98. The minimum absolute atomic E-state index is 0.700. The van der Waals surface area contributed by atoms with Crippen LogP contribution in [0.5, 0.6) is 0 Å². The topological polar surface area (TPSA) is 50.9 Å². The lowest BCUT2D eigenvalue weighted by molar-refractivity contribution is 1.40. The van der Waals surface area contributed by atoms with E-state index in [1.807, 2.05) is 42.5 Å². The number of aromatic nitrogens is 1. The SMILES string of the molecule is Nc1ccc(Nc2ccc(Cl)c3cccnc23)c(I)c1. The maximum absolute atomic E-state index is 6.20. The van der Waals surface area contributed by atoms with E-state index in [-0.39, 0.29) is 0 Å². The normalized spacial score (nSPS) is 10.7. The summed E-state index contributed by atoms with van der Waals surface area (Å²) in [6, 6.07) is 13.4. The molecular weight excluding hydrogens is 385 g/mol. The summed E-state index contributed by atoms with van der Waals surface area (Å²) in [5.74, 6) is 0. The van der Waals surface area contributed by atoms with Gasteiger partial charge in [-0.3, -0.25) is 4.98 Å². The highest BCUT2D eigenvalue weighted by atomic mass is 127. The van der Waals surface area contributed by atoms with Crippen molar-refractivity contribution in [2.75, 3.05) is 11.1 Å². The molecular formula is C15H11ClIN3. The fraction of sp³-hybridized carbons (Fsp3) is 0. The van der Waals surface area contributed by atoms with Crippen LogP contribution in [0.3, 0.4) is 0 Å². The second-order valence-electron chi connectivity index (χ2n) is 4.36. The summed E-state index contributed by atoms with van der Waals surface area (Å²) in [6.45, 7) is 0. The third kappa shape index (κ3) is 2.53. The summed E-state index contributed by atoms with van der Waals surface area (Å²) in [4.78, 5) is 4.41. The zero-order valence-corrected chi connectivity index (χ0v) is 13.3. The summed E-state index contributed by atoms with van der Waals surface area (Å²) >= 11 is 8.45. The molecule has 2 aromatic carbocycles. The van der Waals surface area contributed by atoms with Gasteiger partial charge in [-0.05, 0) is 65.1 Å². The summed E-state index contributed by atoms with van der Waals surface area (Å²) in [5, 5.41) is 5.02. The molecule has 3 nitrogen and oxygen atoms in total. The Morgan fingerprint density at radius 1 is 1.10 bits per heavy atom. The van der Waals surface area contributed by atoms with E-state index in [1.54, 1.807) is 6.20 Å². The molecule has 0 saturated carbocycles. The molecule has 0 radical (unpaired) electrons. The molecule has 1 heterocycles. The number of nitrogen functional groups attached to an aromatic ring is 1. The zero-order valence-electron chi connectivity index (χ0n) is 10.4. The molecule has 1 aromatic heterocycles. The highest BCUT2D eigenvalue weighted by molar-refractivity contribution is 14.1. The first-order valence-electron chi connectivity index (χ1n) is 6.00. The van der Waals surface area contributed by atoms with Crippen LogP contribution >= 0.6 is 34.2 Å². The average molecular weight is 396 g/mol. The number of rotatable bonds is 2. The number of benzene rings is 2. The first kappa shape index (κ1) is 13.5. The van der Waals surface area contributed by atoms with Crippen LogP contribution in [0, 0.1) is 3.57 Å². The van der Waals surface area contributed by atoms with E-state index in [4.69, 9.17) is 17.3 Å². The minimum Gasteiger partial charge on any atom is -0.399 e. The second-order valence-corrected chi connectivity index (χ2v) is 5.93. The molecule has 0 atom stereocenters. The maximum Gasteiger partial charge on any atom is 0.0951 e. The molecule has 0 aliphatic heterocycles. The van der Waals surface area contributed by atoms with Gasteiger partial charge in [0.15, 0.2) is 0 Å². The fourth-order valence-electron chi connectivity index (χ4n) is 2.02. The second kappa shape index (κ2) is 5.46. The number of nitrogens with zero attached hydrogens (tertiary/aromatic N) is 1. The molecule has 100 valence electrons. The lowest BCUT2D eigenvalue weighted by Gasteiger charge is -2.12. The summed E-state index contributed by atoms with van der Waals surface area (Å²) in [7, 11) is 0. The predicted molar refractivity (Wildman–Crippen MR) is 93.6 cm³/mol. The van der Waals surface area contributed by atoms with Gasteiger partial charge in [0.2, 0.25) is 0 Å². The van der Waals surface area contributed by atoms with Crippen molar-refractivity contribution in [3.8, 4) is 0 Å². The molecule has 0 unspecified atom stereocenters. The molecule has 3 aromatic rings. The van der Waals surface area contributed by atoms with Gasteiger partial charge < -0.3 is 11.1 Å². The van der Waals surface area contributed by atoms with Crippen LogP contribution in [-0.4, -0.2) is 4.98 Å². The van der Waals surface area contributed by atoms with Crippen molar-refractivity contribution in [1.82, 2.24) is 4.98 Å². The number of hydrogen-bond donors (Lipinski definition) is 2. The minimum atomic E-state index is 0.700. The smallest absolute Gasteiger partial charge is 0.0951 e. The van der Waals surface area contributed by atoms with Gasteiger partial charge in [-0.15, -0.1) is 0 Å². The van der Waals surface area contributed by atoms with Gasteiger partial charge in [-0.2, -0.15) is 0 Å². The van der Waals surface area contributed by atoms with Crippen molar-refractivity contribution in [3.05, 3.63) is 57.3 Å². The van der Waals surface area contributed by atoms with E-state index < -0.39 is 0 Å². The van der Waals surface area contributed by atoms with Crippen LogP contribution in [-0.2, 0) is 0 Å². The van der Waals surface area contributed by atoms with Crippen LogP contribution in [0.2, 0.25) is 5.02 Å². The standard InChI is InChI=1S/C15H11ClIN3/c16-11-4-6-14(15-10(11)2-1-7-19-15)20-13-5-3-9(18)8-12(13)17/h1-8,20H,18H2. The van der Waals surface area contributed by atoms with Crippen molar-refractivity contribution >= 4 is 62.2 Å². The van der Waals surface area contributed by atoms with Crippen LogP contribution < -0.4 is 11.1 Å². The molecule has 5 heteroatoms. The Morgan fingerprint density at radius 3 is 2.70 bits per heavy atom. The Kier molecular flexibility index (Phi) is 3.67. The van der Waals surface area contributed by atoms with E-state index in [0.29, 0.717) is 5.02 Å². The number of anilines is 3. The highest BCUT2D eigenvalue weighted by Crippen LogP contribution is 2.31. The van der Waals surface area contributed by atoms with Gasteiger partial charge in [-0.25, -0.2) is 0 Å². The van der Waals surface area contributed by atoms with Crippen LogP contribution in [0.15, 0.2) is 48.7 Å². The average Bonchev–Trinajstić information content (AvgIpc) is 2.45. The fourth-order valence-corrected chi connectivity index (χ4v) is 2.91.